The number of nitrogens with zero attached hydrogens (tertiary/aromatic N) is 7. The van der Waals surface area contributed by atoms with Crippen LogP contribution in [0.3, 0.4) is 0 Å². The lowest BCUT2D eigenvalue weighted by molar-refractivity contribution is -0.137. The first-order valence-electron chi connectivity index (χ1n) is 20.9. The first-order valence-corrected chi connectivity index (χ1v) is 21.6. The van der Waals surface area contributed by atoms with Gasteiger partial charge in [-0.15, -0.1) is 0 Å². The third-order valence-corrected chi connectivity index (χ3v) is 10.7. The molecule has 8 rings (SSSR count). The minimum absolute atomic E-state index is 0.0758. The van der Waals surface area contributed by atoms with Gasteiger partial charge in [0, 0.05) is 99.8 Å². The number of nitrogens with one attached hydrogen (secondary N) is 2. The number of nitrogens with two attached hydrogens (primary N) is 1. The Labute approximate surface area is 405 Å². The smallest absolute Gasteiger partial charge is 0.417 e. The molecule has 0 spiro atoms. The van der Waals surface area contributed by atoms with E-state index in [-0.39, 0.29) is 24.2 Å². The van der Waals surface area contributed by atoms with Crippen molar-refractivity contribution in [2.24, 2.45) is 19.1 Å². The number of alkyl halides is 3. The molecule has 0 atom stereocenters. The average molecular weight is 978 g/mol. The molecule has 0 unspecified atom stereocenters. The number of hydrogen-bond donors (Lipinski definition) is 3. The number of pyridine rings is 2. The Morgan fingerprint density at radius 1 is 0.725 bits per heavy atom. The molecule has 8 aromatic rings. The topological polar surface area (TPSA) is 176 Å². The molecule has 354 valence electrons. The number of ketones is 1. The van der Waals surface area contributed by atoms with E-state index in [9.17, 15) is 22.8 Å². The van der Waals surface area contributed by atoms with Crippen molar-refractivity contribution in [1.29, 1.82) is 0 Å². The number of rotatable bonds is 13. The minimum atomic E-state index is -4.58. The van der Waals surface area contributed by atoms with E-state index in [2.05, 4.69) is 35.8 Å². The summed E-state index contributed by atoms with van der Waals surface area (Å²) in [4.78, 5) is 34.7. The van der Waals surface area contributed by atoms with E-state index >= 15 is 0 Å². The van der Waals surface area contributed by atoms with Crippen LogP contribution in [-0.4, -0.2) is 55.5 Å². The zero-order valence-corrected chi connectivity index (χ0v) is 39.4. The fourth-order valence-corrected chi connectivity index (χ4v) is 7.04. The number of nitrogen functional groups attached to an aromatic ring is 1. The predicted molar refractivity (Wildman–Crippen MR) is 262 cm³/mol. The Morgan fingerprint density at radius 2 is 1.22 bits per heavy atom. The summed E-state index contributed by atoms with van der Waals surface area (Å²) in [6.45, 7) is 1.85. The van der Waals surface area contributed by atoms with E-state index in [1.807, 2.05) is 58.7 Å². The molecule has 19 heteroatoms. The molecular formula is C50H45Cl2F3N10O4. The van der Waals surface area contributed by atoms with Crippen molar-refractivity contribution < 1.29 is 32.2 Å². The van der Waals surface area contributed by atoms with Crippen LogP contribution >= 0.6 is 23.2 Å². The van der Waals surface area contributed by atoms with Crippen molar-refractivity contribution in [2.45, 2.75) is 25.9 Å². The lowest BCUT2D eigenvalue weighted by atomic mass is 10.0. The van der Waals surface area contributed by atoms with Crippen LogP contribution in [0.2, 0.25) is 10.0 Å². The fraction of sp³-hybridized carbons (Fsp3) is 0.160. The number of ether oxygens (including phenoxy) is 2. The Kier molecular flexibility index (Phi) is 16.9. The summed E-state index contributed by atoms with van der Waals surface area (Å²) < 4.78 is 54.6. The van der Waals surface area contributed by atoms with Gasteiger partial charge in [0.1, 0.15) is 40.0 Å². The second-order valence-corrected chi connectivity index (χ2v) is 15.9. The maximum Gasteiger partial charge on any atom is 0.417 e. The minimum Gasteiger partial charge on any atom is -0.455 e. The van der Waals surface area contributed by atoms with E-state index in [1.54, 1.807) is 102 Å². The SMILES string of the molecule is CNc1c(Oc2ccc(CC(=O)Cc3ccc(Cl)c(C(F)(F)F)c3)cc2)ccnc1-c1cnn(C)c1.CNc1c(Oc2ccc(N)cc2)ccnc1-c1cnn(C)c1.Cc1cc(N=C=O)ccc1Cl. The molecule has 0 saturated heterocycles. The number of carbonyl (C=O) groups excluding carboxylic acids is 2. The highest BCUT2D eigenvalue weighted by atomic mass is 35.5. The van der Waals surface area contributed by atoms with Crippen LogP contribution in [-0.2, 0) is 42.7 Å². The highest BCUT2D eigenvalue weighted by molar-refractivity contribution is 6.31. The van der Waals surface area contributed by atoms with E-state index < -0.39 is 16.8 Å². The van der Waals surface area contributed by atoms with Crippen molar-refractivity contribution in [3.8, 4) is 45.5 Å². The molecule has 4 aromatic heterocycles. The van der Waals surface area contributed by atoms with E-state index in [1.165, 1.54) is 12.1 Å². The summed E-state index contributed by atoms with van der Waals surface area (Å²) in [6, 6.07) is 26.4. The van der Waals surface area contributed by atoms with Crippen LogP contribution in [0.25, 0.3) is 22.5 Å². The Hall–Kier alpha value is -7.98. The average Bonchev–Trinajstić information content (AvgIpc) is 3.97. The fourth-order valence-electron chi connectivity index (χ4n) is 6.70. The van der Waals surface area contributed by atoms with E-state index in [0.29, 0.717) is 50.8 Å². The van der Waals surface area contributed by atoms with Crippen LogP contribution in [0.4, 0.5) is 35.9 Å². The van der Waals surface area contributed by atoms with Gasteiger partial charge in [-0.05, 0) is 90.3 Å². The van der Waals surface area contributed by atoms with E-state index in [0.717, 1.165) is 45.8 Å². The number of aliphatic imine (C=N–C) groups is 1. The molecule has 69 heavy (non-hydrogen) atoms. The number of anilines is 3. The lowest BCUT2D eigenvalue weighted by Crippen LogP contribution is -2.10. The number of isocyanates is 1. The standard InChI is InChI=1S/C26H22ClF3N4O2.C16H17N5O.C8H6ClNO/c1-31-25-23(9-10-32-24(25)18-14-33-34(2)15-18)36-20-6-3-16(4-7-20)11-19(35)12-17-5-8-22(27)21(13-17)26(28,29)30;1-18-16-14(22-13-5-3-12(17)4-6-13)7-8-19-15(16)11-9-20-21(2)10-11;1-6-4-7(10-5-11)2-3-8(6)9/h3-10,13-15,31H,11-12H2,1-2H3;3-10,18H,17H2,1-2H3;2-4H,1H3. The first kappa shape index (κ1) is 50.4. The normalized spacial score (nSPS) is 10.7. The quantitative estimate of drug-likeness (QED) is 0.0569. The van der Waals surface area contributed by atoms with Crippen LogP contribution < -0.4 is 25.8 Å². The van der Waals surface area contributed by atoms with Crippen molar-refractivity contribution in [3.05, 3.63) is 167 Å². The zero-order valence-electron chi connectivity index (χ0n) is 37.8. The lowest BCUT2D eigenvalue weighted by Gasteiger charge is -2.14. The molecule has 0 aliphatic heterocycles. The zero-order chi connectivity index (χ0) is 49.7. The highest BCUT2D eigenvalue weighted by Gasteiger charge is 2.33. The summed E-state index contributed by atoms with van der Waals surface area (Å²) >= 11 is 11.4. The van der Waals surface area contributed by atoms with Gasteiger partial charge in [-0.25, -0.2) is 4.79 Å². The van der Waals surface area contributed by atoms with Gasteiger partial charge in [0.25, 0.3) is 0 Å². The van der Waals surface area contributed by atoms with Gasteiger partial charge in [0.05, 0.1) is 28.7 Å². The third-order valence-electron chi connectivity index (χ3n) is 10.00. The van der Waals surface area contributed by atoms with E-state index in [4.69, 9.17) is 38.4 Å². The van der Waals surface area contributed by atoms with Crippen molar-refractivity contribution in [1.82, 2.24) is 29.5 Å². The Morgan fingerprint density at radius 3 is 1.68 bits per heavy atom. The van der Waals surface area contributed by atoms with Gasteiger partial charge in [0.2, 0.25) is 6.08 Å². The molecule has 4 heterocycles. The molecular weight excluding hydrogens is 933 g/mol. The number of Topliss-reactive ketones (excluding diaryl/α,β-unsaturated/α-hetero) is 1. The summed E-state index contributed by atoms with van der Waals surface area (Å²) in [5.41, 5.74) is 12.7. The number of aryl methyl sites for hydroxylation is 3. The van der Waals surface area contributed by atoms with Crippen molar-refractivity contribution >= 4 is 57.8 Å². The van der Waals surface area contributed by atoms with Crippen LogP contribution in [0, 0.1) is 6.92 Å². The van der Waals surface area contributed by atoms with Crippen LogP contribution in [0.1, 0.15) is 22.3 Å². The first-order chi connectivity index (χ1) is 33.0. The molecule has 0 aliphatic rings. The Bertz CT molecular complexity index is 3080. The second kappa shape index (κ2) is 23.2. The largest absolute Gasteiger partial charge is 0.455 e. The Balaban J connectivity index is 0.000000199. The number of carbonyl (C=O) groups is 1. The molecule has 4 aromatic carbocycles. The van der Waals surface area contributed by atoms with Gasteiger partial charge in [-0.3, -0.25) is 24.1 Å². The van der Waals surface area contributed by atoms with Crippen LogP contribution in [0.5, 0.6) is 23.0 Å². The van der Waals surface area contributed by atoms with Crippen molar-refractivity contribution in [3.63, 3.8) is 0 Å². The van der Waals surface area contributed by atoms with Crippen molar-refractivity contribution in [2.75, 3.05) is 30.5 Å². The number of benzene rings is 4. The second-order valence-electron chi connectivity index (χ2n) is 15.1. The third kappa shape index (κ3) is 13.8. The molecule has 14 nitrogen and oxygen atoms in total. The molecule has 0 bridgehead atoms. The summed E-state index contributed by atoms with van der Waals surface area (Å²) in [6.07, 6.45) is 7.45. The number of halogens is 5. The van der Waals surface area contributed by atoms with Gasteiger partial charge in [0.15, 0.2) is 11.5 Å². The molecule has 4 N–H and O–H groups in total. The maximum absolute atomic E-state index is 13.1. The van der Waals surface area contributed by atoms with Crippen LogP contribution in [0.15, 0.2) is 139 Å². The molecule has 0 radical (unpaired) electrons. The highest BCUT2D eigenvalue weighted by Crippen LogP contribution is 2.38. The molecule has 0 aliphatic carbocycles. The number of hydrogen-bond acceptors (Lipinski definition) is 12. The summed E-state index contributed by atoms with van der Waals surface area (Å²) in [5.74, 6) is 2.32. The monoisotopic (exact) mass is 976 g/mol. The van der Waals surface area contributed by atoms with Gasteiger partial charge in [-0.2, -0.15) is 28.4 Å². The summed E-state index contributed by atoms with van der Waals surface area (Å²) in [5, 5.41) is 14.9. The van der Waals surface area contributed by atoms with Gasteiger partial charge >= 0.3 is 6.18 Å². The van der Waals surface area contributed by atoms with Gasteiger partial charge in [-0.1, -0.05) is 41.4 Å². The molecule has 0 amide bonds. The number of aromatic nitrogens is 6. The maximum atomic E-state index is 13.1. The molecule has 0 fully saturated rings. The van der Waals surface area contributed by atoms with Gasteiger partial charge < -0.3 is 25.8 Å². The summed E-state index contributed by atoms with van der Waals surface area (Å²) in [7, 11) is 7.31. The predicted octanol–water partition coefficient (Wildman–Crippen LogP) is 11.9. The molecule has 0 saturated carbocycles.